The summed E-state index contributed by atoms with van der Waals surface area (Å²) in [7, 11) is 0. The Balaban J connectivity index is 2.41. The van der Waals surface area contributed by atoms with Gasteiger partial charge in [-0.2, -0.15) is 0 Å². The fourth-order valence-electron chi connectivity index (χ4n) is 2.46. The van der Waals surface area contributed by atoms with E-state index in [1.165, 1.54) is 38.6 Å². The summed E-state index contributed by atoms with van der Waals surface area (Å²) in [4.78, 5) is 2.64. The standard InChI is InChI=1S/C12H24N/c1-4-10-13(11(2)3)12-8-6-5-7-9-12/h11-12H,1,4-10H2,2-3H3. The highest BCUT2D eigenvalue weighted by Crippen LogP contribution is 2.24. The molecule has 0 aliphatic heterocycles. The molecule has 0 N–H and O–H groups in total. The maximum Gasteiger partial charge on any atom is 0.00979 e. The number of hydrogen-bond donors (Lipinski definition) is 0. The van der Waals surface area contributed by atoms with Crippen molar-refractivity contribution in [2.24, 2.45) is 0 Å². The van der Waals surface area contributed by atoms with Gasteiger partial charge < -0.3 is 0 Å². The molecule has 0 unspecified atom stereocenters. The Labute approximate surface area is 83.5 Å². The van der Waals surface area contributed by atoms with Crippen LogP contribution in [0.15, 0.2) is 0 Å². The average Bonchev–Trinajstić information content (AvgIpc) is 2.15. The Morgan fingerprint density at radius 1 is 1.23 bits per heavy atom. The Hall–Kier alpha value is -0.0400. The van der Waals surface area contributed by atoms with E-state index < -0.39 is 0 Å². The highest BCUT2D eigenvalue weighted by molar-refractivity contribution is 4.78. The summed E-state index contributed by atoms with van der Waals surface area (Å²) < 4.78 is 0. The minimum atomic E-state index is 0.699. The van der Waals surface area contributed by atoms with E-state index in [1.54, 1.807) is 0 Å². The van der Waals surface area contributed by atoms with Crippen molar-refractivity contribution in [1.29, 1.82) is 0 Å². The molecule has 1 radical (unpaired) electrons. The van der Waals surface area contributed by atoms with Gasteiger partial charge in [-0.3, -0.25) is 4.90 Å². The number of hydrogen-bond acceptors (Lipinski definition) is 1. The largest absolute Gasteiger partial charge is 0.298 e. The monoisotopic (exact) mass is 182 g/mol. The molecule has 0 saturated heterocycles. The lowest BCUT2D eigenvalue weighted by molar-refractivity contribution is 0.123. The molecule has 1 fully saturated rings. The molecule has 0 aromatic carbocycles. The van der Waals surface area contributed by atoms with E-state index in [1.807, 2.05) is 0 Å². The topological polar surface area (TPSA) is 3.24 Å². The summed E-state index contributed by atoms with van der Waals surface area (Å²) in [5, 5.41) is 0. The minimum absolute atomic E-state index is 0.699. The van der Waals surface area contributed by atoms with E-state index in [2.05, 4.69) is 25.7 Å². The third-order valence-corrected chi connectivity index (χ3v) is 3.12. The highest BCUT2D eigenvalue weighted by atomic mass is 15.2. The van der Waals surface area contributed by atoms with Gasteiger partial charge in [0.2, 0.25) is 0 Å². The molecule has 1 saturated carbocycles. The van der Waals surface area contributed by atoms with Gasteiger partial charge in [0.1, 0.15) is 0 Å². The molecule has 1 aliphatic rings. The van der Waals surface area contributed by atoms with Crippen molar-refractivity contribution >= 4 is 0 Å². The first kappa shape index (κ1) is 11.0. The summed E-state index contributed by atoms with van der Waals surface area (Å²) in [5.41, 5.74) is 0. The molecular weight excluding hydrogens is 158 g/mol. The van der Waals surface area contributed by atoms with Crippen molar-refractivity contribution in [2.75, 3.05) is 6.54 Å². The van der Waals surface area contributed by atoms with Crippen LogP contribution in [0.5, 0.6) is 0 Å². The van der Waals surface area contributed by atoms with Crippen LogP contribution in [0.2, 0.25) is 0 Å². The smallest absolute Gasteiger partial charge is 0.00979 e. The van der Waals surface area contributed by atoms with E-state index in [9.17, 15) is 0 Å². The van der Waals surface area contributed by atoms with Gasteiger partial charge in [0, 0.05) is 12.1 Å². The van der Waals surface area contributed by atoms with Crippen LogP contribution < -0.4 is 0 Å². The van der Waals surface area contributed by atoms with Crippen molar-refractivity contribution in [1.82, 2.24) is 4.90 Å². The summed E-state index contributed by atoms with van der Waals surface area (Å²) in [6.45, 7) is 9.76. The van der Waals surface area contributed by atoms with E-state index in [0.717, 1.165) is 12.5 Å². The first-order valence-corrected chi connectivity index (χ1v) is 5.80. The molecule has 0 aromatic rings. The molecule has 0 spiro atoms. The van der Waals surface area contributed by atoms with Gasteiger partial charge in [-0.05, 0) is 39.7 Å². The first-order chi connectivity index (χ1) is 6.25. The van der Waals surface area contributed by atoms with Crippen LogP contribution in [-0.2, 0) is 0 Å². The average molecular weight is 182 g/mol. The number of nitrogens with zero attached hydrogens (tertiary/aromatic N) is 1. The van der Waals surface area contributed by atoms with Crippen LogP contribution in [0, 0.1) is 6.92 Å². The zero-order valence-electron chi connectivity index (χ0n) is 9.26. The molecule has 0 atom stereocenters. The van der Waals surface area contributed by atoms with Gasteiger partial charge in [0.15, 0.2) is 0 Å². The maximum atomic E-state index is 3.96. The van der Waals surface area contributed by atoms with Gasteiger partial charge in [-0.1, -0.05) is 26.2 Å². The van der Waals surface area contributed by atoms with E-state index in [0.29, 0.717) is 6.04 Å². The van der Waals surface area contributed by atoms with Gasteiger partial charge in [0.05, 0.1) is 0 Å². The lowest BCUT2D eigenvalue weighted by Crippen LogP contribution is -2.41. The van der Waals surface area contributed by atoms with Gasteiger partial charge in [0.25, 0.3) is 0 Å². The Morgan fingerprint density at radius 3 is 2.31 bits per heavy atom. The van der Waals surface area contributed by atoms with E-state index >= 15 is 0 Å². The summed E-state index contributed by atoms with van der Waals surface area (Å²) in [5.74, 6) is 0. The van der Waals surface area contributed by atoms with Crippen LogP contribution in [0.3, 0.4) is 0 Å². The predicted molar refractivity (Wildman–Crippen MR) is 58.7 cm³/mol. The van der Waals surface area contributed by atoms with Crippen LogP contribution in [0.25, 0.3) is 0 Å². The molecule has 77 valence electrons. The van der Waals surface area contributed by atoms with Crippen molar-refractivity contribution < 1.29 is 0 Å². The van der Waals surface area contributed by atoms with Crippen molar-refractivity contribution in [2.45, 2.75) is 64.5 Å². The molecule has 1 rings (SSSR count). The summed E-state index contributed by atoms with van der Waals surface area (Å²) in [6, 6.07) is 1.56. The fourth-order valence-corrected chi connectivity index (χ4v) is 2.46. The second kappa shape index (κ2) is 5.64. The molecule has 0 amide bonds. The van der Waals surface area contributed by atoms with Gasteiger partial charge >= 0.3 is 0 Å². The predicted octanol–water partition coefficient (Wildman–Crippen LogP) is 3.25. The molecule has 0 aromatic heterocycles. The molecular formula is C12H24N. The third-order valence-electron chi connectivity index (χ3n) is 3.12. The molecule has 1 heteroatoms. The number of rotatable bonds is 4. The van der Waals surface area contributed by atoms with Crippen molar-refractivity contribution in [3.05, 3.63) is 6.92 Å². The Morgan fingerprint density at radius 2 is 1.85 bits per heavy atom. The summed E-state index contributed by atoms with van der Waals surface area (Å²) >= 11 is 0. The van der Waals surface area contributed by atoms with Gasteiger partial charge in [-0.25, -0.2) is 0 Å². The zero-order chi connectivity index (χ0) is 9.68. The SMILES string of the molecule is [CH2]CCN(C(C)C)C1CCCCC1. The normalized spacial score (nSPS) is 20.1. The second-order valence-corrected chi connectivity index (χ2v) is 4.48. The molecule has 1 aliphatic carbocycles. The van der Waals surface area contributed by atoms with E-state index in [4.69, 9.17) is 0 Å². The second-order valence-electron chi connectivity index (χ2n) is 4.48. The van der Waals surface area contributed by atoms with Crippen LogP contribution in [0.1, 0.15) is 52.4 Å². The minimum Gasteiger partial charge on any atom is -0.298 e. The van der Waals surface area contributed by atoms with Crippen LogP contribution in [-0.4, -0.2) is 23.5 Å². The lowest BCUT2D eigenvalue weighted by Gasteiger charge is -2.37. The molecule has 0 heterocycles. The van der Waals surface area contributed by atoms with Crippen molar-refractivity contribution in [3.63, 3.8) is 0 Å². The van der Waals surface area contributed by atoms with E-state index in [-0.39, 0.29) is 0 Å². The lowest BCUT2D eigenvalue weighted by atomic mass is 9.93. The highest BCUT2D eigenvalue weighted by Gasteiger charge is 2.21. The molecule has 13 heavy (non-hydrogen) atoms. The molecule has 0 bridgehead atoms. The van der Waals surface area contributed by atoms with Crippen LogP contribution in [0.4, 0.5) is 0 Å². The van der Waals surface area contributed by atoms with Gasteiger partial charge in [-0.15, -0.1) is 0 Å². The maximum absolute atomic E-state index is 3.96. The Kier molecular flexibility index (Phi) is 4.79. The van der Waals surface area contributed by atoms with Crippen LogP contribution >= 0.6 is 0 Å². The fraction of sp³-hybridized carbons (Fsp3) is 0.917. The quantitative estimate of drug-likeness (QED) is 0.645. The zero-order valence-corrected chi connectivity index (χ0v) is 9.26. The molecule has 1 nitrogen and oxygen atoms in total. The first-order valence-electron chi connectivity index (χ1n) is 5.80. The van der Waals surface area contributed by atoms with Crippen molar-refractivity contribution in [3.8, 4) is 0 Å². The Bertz CT molecular complexity index is 125. The summed E-state index contributed by atoms with van der Waals surface area (Å²) in [6.07, 6.45) is 8.20. The third kappa shape index (κ3) is 3.30.